The van der Waals surface area contributed by atoms with E-state index >= 15 is 0 Å². The van der Waals surface area contributed by atoms with Crippen LogP contribution in [0.3, 0.4) is 0 Å². The van der Waals surface area contributed by atoms with Crippen LogP contribution in [0.25, 0.3) is 5.65 Å². The second-order valence-corrected chi connectivity index (χ2v) is 6.09. The third-order valence-corrected chi connectivity index (χ3v) is 4.87. The van der Waals surface area contributed by atoms with Gasteiger partial charge in [-0.1, -0.05) is 19.3 Å². The fourth-order valence-corrected chi connectivity index (χ4v) is 3.84. The van der Waals surface area contributed by atoms with Crippen LogP contribution in [0.4, 0.5) is 5.82 Å². The summed E-state index contributed by atoms with van der Waals surface area (Å²) in [6.45, 7) is 0.935. The number of methoxy groups -OCH3 is 1. The van der Waals surface area contributed by atoms with Crippen LogP contribution in [0.1, 0.15) is 48.2 Å². The van der Waals surface area contributed by atoms with Gasteiger partial charge in [-0.2, -0.15) is 9.61 Å². The molecule has 0 atom stereocenters. The van der Waals surface area contributed by atoms with Crippen molar-refractivity contribution in [1.82, 2.24) is 14.6 Å². The largest absolute Gasteiger partial charge is 0.464 e. The number of fused-ring (bicyclic) bond motifs is 3. The zero-order chi connectivity index (χ0) is 15.1. The zero-order valence-electron chi connectivity index (χ0n) is 12.8. The Morgan fingerprint density at radius 2 is 2.14 bits per heavy atom. The fraction of sp³-hybridized carbons (Fsp3) is 0.562. The Bertz CT molecular complexity index is 718. The van der Waals surface area contributed by atoms with E-state index in [-0.39, 0.29) is 5.97 Å². The number of esters is 1. The van der Waals surface area contributed by atoms with Gasteiger partial charge in [0.2, 0.25) is 0 Å². The van der Waals surface area contributed by atoms with E-state index < -0.39 is 0 Å². The molecular weight excluding hydrogens is 280 g/mol. The summed E-state index contributed by atoms with van der Waals surface area (Å²) >= 11 is 0. The van der Waals surface area contributed by atoms with Crippen LogP contribution in [-0.2, 0) is 11.2 Å². The Morgan fingerprint density at radius 3 is 2.91 bits per heavy atom. The Labute approximate surface area is 129 Å². The summed E-state index contributed by atoms with van der Waals surface area (Å²) in [4.78, 5) is 19.0. The molecule has 1 fully saturated rings. The molecule has 2 aromatic heterocycles. The van der Waals surface area contributed by atoms with E-state index in [0.29, 0.717) is 17.4 Å². The Hall–Kier alpha value is -2.11. The van der Waals surface area contributed by atoms with E-state index in [1.54, 1.807) is 6.20 Å². The third kappa shape index (κ3) is 1.97. The summed E-state index contributed by atoms with van der Waals surface area (Å²) < 4.78 is 6.80. The van der Waals surface area contributed by atoms with Gasteiger partial charge in [0, 0.05) is 24.2 Å². The number of carbonyl (C=O) groups excluding carboxylic acids is 1. The lowest BCUT2D eigenvalue weighted by Gasteiger charge is -2.33. The first-order valence-corrected chi connectivity index (χ1v) is 8.01. The predicted octanol–water partition coefficient (Wildman–Crippen LogP) is 2.21. The van der Waals surface area contributed by atoms with Crippen molar-refractivity contribution in [3.8, 4) is 0 Å². The molecule has 2 aromatic rings. The number of hydrogen-bond donors (Lipinski definition) is 0. The van der Waals surface area contributed by atoms with Crippen LogP contribution in [-0.4, -0.2) is 40.3 Å². The summed E-state index contributed by atoms with van der Waals surface area (Å²) in [6, 6.07) is 2.39. The Balaban J connectivity index is 1.85. The smallest absolute Gasteiger partial charge is 0.357 e. The van der Waals surface area contributed by atoms with Crippen molar-refractivity contribution < 1.29 is 9.53 Å². The van der Waals surface area contributed by atoms with E-state index in [4.69, 9.17) is 4.74 Å². The topological polar surface area (TPSA) is 59.7 Å². The van der Waals surface area contributed by atoms with E-state index in [1.165, 1.54) is 39.2 Å². The first-order chi connectivity index (χ1) is 10.8. The quantitative estimate of drug-likeness (QED) is 0.796. The highest BCUT2D eigenvalue weighted by molar-refractivity contribution is 5.91. The summed E-state index contributed by atoms with van der Waals surface area (Å²) in [5.74, 6) is 0.688. The average molecular weight is 300 g/mol. The van der Waals surface area contributed by atoms with E-state index in [9.17, 15) is 4.79 Å². The minimum atomic E-state index is -0.356. The molecular formula is C16H20N4O2. The van der Waals surface area contributed by atoms with Gasteiger partial charge in [-0.25, -0.2) is 9.78 Å². The lowest BCUT2D eigenvalue weighted by atomic mass is 9.94. The van der Waals surface area contributed by atoms with Crippen molar-refractivity contribution in [1.29, 1.82) is 0 Å². The molecule has 0 N–H and O–H groups in total. The van der Waals surface area contributed by atoms with Gasteiger partial charge in [0.1, 0.15) is 5.82 Å². The molecule has 0 aromatic carbocycles. The van der Waals surface area contributed by atoms with Crippen molar-refractivity contribution in [3.63, 3.8) is 0 Å². The number of carbonyl (C=O) groups is 1. The van der Waals surface area contributed by atoms with Crippen LogP contribution < -0.4 is 4.90 Å². The normalized spacial score (nSPS) is 18.7. The highest BCUT2D eigenvalue weighted by Crippen LogP contribution is 2.36. The van der Waals surface area contributed by atoms with Crippen molar-refractivity contribution in [2.24, 2.45) is 0 Å². The van der Waals surface area contributed by atoms with Gasteiger partial charge in [-0.05, 0) is 19.3 Å². The zero-order valence-corrected chi connectivity index (χ0v) is 12.8. The maximum atomic E-state index is 12.1. The molecule has 0 bridgehead atoms. The van der Waals surface area contributed by atoms with Crippen LogP contribution in [0.5, 0.6) is 0 Å². The first-order valence-electron chi connectivity index (χ1n) is 8.01. The van der Waals surface area contributed by atoms with Gasteiger partial charge in [0.15, 0.2) is 11.3 Å². The molecule has 6 nitrogen and oxygen atoms in total. The Kier molecular flexibility index (Phi) is 3.24. The van der Waals surface area contributed by atoms with E-state index in [0.717, 1.165) is 24.3 Å². The highest BCUT2D eigenvalue weighted by Gasteiger charge is 2.34. The van der Waals surface area contributed by atoms with Crippen molar-refractivity contribution in [2.75, 3.05) is 18.6 Å². The van der Waals surface area contributed by atoms with Crippen molar-refractivity contribution >= 4 is 17.4 Å². The molecule has 4 rings (SSSR count). The number of hydrogen-bond acceptors (Lipinski definition) is 5. The van der Waals surface area contributed by atoms with Gasteiger partial charge in [0.05, 0.1) is 13.3 Å². The van der Waals surface area contributed by atoms with Crippen LogP contribution >= 0.6 is 0 Å². The molecule has 0 unspecified atom stereocenters. The second kappa shape index (κ2) is 5.26. The third-order valence-electron chi connectivity index (χ3n) is 4.87. The SMILES string of the molecule is COC(=O)c1nc2ccnn2c2c1CCN2C1CCCCC1. The Morgan fingerprint density at radius 1 is 1.32 bits per heavy atom. The maximum Gasteiger partial charge on any atom is 0.357 e. The minimum absolute atomic E-state index is 0.356. The summed E-state index contributed by atoms with van der Waals surface area (Å²) in [5.41, 5.74) is 2.14. The summed E-state index contributed by atoms with van der Waals surface area (Å²) in [5, 5.41) is 4.42. The molecule has 0 saturated heterocycles. The lowest BCUT2D eigenvalue weighted by molar-refractivity contribution is 0.0593. The molecule has 2 aliphatic rings. The molecule has 1 saturated carbocycles. The van der Waals surface area contributed by atoms with Crippen molar-refractivity contribution in [2.45, 2.75) is 44.6 Å². The van der Waals surface area contributed by atoms with Gasteiger partial charge in [-0.3, -0.25) is 0 Å². The predicted molar refractivity (Wildman–Crippen MR) is 82.2 cm³/mol. The highest BCUT2D eigenvalue weighted by atomic mass is 16.5. The molecule has 0 radical (unpaired) electrons. The standard InChI is InChI=1S/C16H20N4O2/c1-22-16(21)14-12-8-10-19(11-5-3-2-4-6-11)15(12)20-13(18-14)7-9-17-20/h7,9,11H,2-6,8,10H2,1H3. The van der Waals surface area contributed by atoms with Gasteiger partial charge in [0.25, 0.3) is 0 Å². The molecule has 6 heteroatoms. The van der Waals surface area contributed by atoms with Gasteiger partial charge < -0.3 is 9.64 Å². The second-order valence-electron chi connectivity index (χ2n) is 6.09. The monoisotopic (exact) mass is 300 g/mol. The number of nitrogens with zero attached hydrogens (tertiary/aromatic N) is 4. The molecule has 0 amide bonds. The fourth-order valence-electron chi connectivity index (χ4n) is 3.84. The number of anilines is 1. The van der Waals surface area contributed by atoms with Crippen molar-refractivity contribution in [3.05, 3.63) is 23.5 Å². The van der Waals surface area contributed by atoms with E-state index in [1.807, 2.05) is 10.6 Å². The van der Waals surface area contributed by atoms with Crippen LogP contribution in [0, 0.1) is 0 Å². The summed E-state index contributed by atoms with van der Waals surface area (Å²) in [6.07, 6.45) is 8.91. The molecule has 3 heterocycles. The van der Waals surface area contributed by atoms with Gasteiger partial charge >= 0.3 is 5.97 Å². The molecule has 1 aliphatic carbocycles. The molecule has 22 heavy (non-hydrogen) atoms. The number of ether oxygens (including phenoxy) is 1. The van der Waals surface area contributed by atoms with Crippen LogP contribution in [0.15, 0.2) is 12.3 Å². The lowest BCUT2D eigenvalue weighted by Crippen LogP contribution is -2.36. The molecule has 1 aliphatic heterocycles. The maximum absolute atomic E-state index is 12.1. The van der Waals surface area contributed by atoms with Crippen LogP contribution in [0.2, 0.25) is 0 Å². The number of aromatic nitrogens is 3. The van der Waals surface area contributed by atoms with E-state index in [2.05, 4.69) is 15.0 Å². The minimum Gasteiger partial charge on any atom is -0.464 e. The number of rotatable bonds is 2. The first kappa shape index (κ1) is 13.5. The molecule has 0 spiro atoms. The van der Waals surface area contributed by atoms with Gasteiger partial charge in [-0.15, -0.1) is 0 Å². The molecule has 116 valence electrons. The average Bonchev–Trinajstić information content (AvgIpc) is 3.20. The summed E-state index contributed by atoms with van der Waals surface area (Å²) in [7, 11) is 1.41.